The Labute approximate surface area is 122 Å². The van der Waals surface area contributed by atoms with Crippen LogP contribution in [-0.4, -0.2) is 36.7 Å². The third-order valence-electron chi connectivity index (χ3n) is 3.08. The lowest BCUT2D eigenvalue weighted by molar-refractivity contribution is 0.0686. The molecule has 2 N–H and O–H groups in total. The summed E-state index contributed by atoms with van der Waals surface area (Å²) in [7, 11) is 0. The molecule has 2 aromatic heterocycles. The third kappa shape index (κ3) is 2.06. The van der Waals surface area contributed by atoms with Gasteiger partial charge in [-0.1, -0.05) is 0 Å². The van der Waals surface area contributed by atoms with E-state index in [1.807, 2.05) is 0 Å². The van der Waals surface area contributed by atoms with Crippen LogP contribution in [0.4, 0.5) is 4.39 Å². The number of rotatable bonds is 3. The number of hydrogen-bond acceptors (Lipinski definition) is 4. The fourth-order valence-electron chi connectivity index (χ4n) is 2.11. The van der Waals surface area contributed by atoms with Crippen LogP contribution in [0.3, 0.4) is 0 Å². The maximum absolute atomic E-state index is 14.1. The Kier molecular flexibility index (Phi) is 3.06. The fraction of sp³-hybridized carbons (Fsp3) is 0. The summed E-state index contributed by atoms with van der Waals surface area (Å²) >= 11 is 0. The first kappa shape index (κ1) is 13.7. The summed E-state index contributed by atoms with van der Waals surface area (Å²) in [6.45, 7) is 0. The molecule has 0 atom stereocenters. The van der Waals surface area contributed by atoms with Gasteiger partial charge in [0.05, 0.1) is 5.56 Å². The molecule has 0 aliphatic heterocycles. The van der Waals surface area contributed by atoms with Gasteiger partial charge in [0.25, 0.3) is 0 Å². The summed E-state index contributed by atoms with van der Waals surface area (Å²) in [6, 6.07) is 4.75. The average molecular weight is 301 g/mol. The Morgan fingerprint density at radius 1 is 1.18 bits per heavy atom. The van der Waals surface area contributed by atoms with E-state index in [2.05, 4.69) is 10.1 Å². The summed E-state index contributed by atoms with van der Waals surface area (Å²) in [5.41, 5.74) is -0.622. The van der Waals surface area contributed by atoms with Gasteiger partial charge in [-0.2, -0.15) is 5.10 Å². The molecule has 8 heteroatoms. The lowest BCUT2D eigenvalue weighted by atomic mass is 10.0. The maximum Gasteiger partial charge on any atom is 0.341 e. The molecule has 0 saturated carbocycles. The van der Waals surface area contributed by atoms with E-state index >= 15 is 0 Å². The number of carboxylic acids is 2. The fourth-order valence-corrected chi connectivity index (χ4v) is 2.11. The minimum Gasteiger partial charge on any atom is -0.478 e. The van der Waals surface area contributed by atoms with Crippen molar-refractivity contribution in [2.45, 2.75) is 0 Å². The van der Waals surface area contributed by atoms with Crippen LogP contribution in [0.2, 0.25) is 0 Å². The van der Waals surface area contributed by atoms with Crippen molar-refractivity contribution >= 4 is 17.6 Å². The second kappa shape index (κ2) is 4.92. The monoisotopic (exact) mass is 301 g/mol. The molecule has 22 heavy (non-hydrogen) atoms. The molecular formula is C14H8FN3O4. The van der Waals surface area contributed by atoms with Crippen molar-refractivity contribution in [3.63, 3.8) is 0 Å². The molecule has 0 radical (unpaired) electrons. The first-order valence-corrected chi connectivity index (χ1v) is 6.09. The van der Waals surface area contributed by atoms with Gasteiger partial charge in [-0.25, -0.2) is 23.5 Å². The number of fused-ring (bicyclic) bond motifs is 1. The highest BCUT2D eigenvalue weighted by Crippen LogP contribution is 2.28. The Morgan fingerprint density at radius 2 is 1.95 bits per heavy atom. The Balaban J connectivity index is 2.28. The number of hydrogen-bond donors (Lipinski definition) is 2. The first-order valence-electron chi connectivity index (χ1n) is 6.09. The number of nitrogens with zero attached hydrogens (tertiary/aromatic N) is 3. The van der Waals surface area contributed by atoms with Crippen molar-refractivity contribution in [2.75, 3.05) is 0 Å². The Bertz CT molecular complexity index is 920. The van der Waals surface area contributed by atoms with Crippen molar-refractivity contribution in [3.8, 4) is 11.3 Å². The number of halogens is 1. The van der Waals surface area contributed by atoms with Gasteiger partial charge in [-0.15, -0.1) is 0 Å². The summed E-state index contributed by atoms with van der Waals surface area (Å²) in [5.74, 6) is -3.45. The molecule has 0 amide bonds. The molecule has 3 rings (SSSR count). The molecule has 3 aromatic rings. The summed E-state index contributed by atoms with van der Waals surface area (Å²) in [6.07, 6.45) is 2.89. The van der Waals surface area contributed by atoms with E-state index in [-0.39, 0.29) is 28.0 Å². The maximum atomic E-state index is 14.1. The van der Waals surface area contributed by atoms with Crippen molar-refractivity contribution in [1.29, 1.82) is 0 Å². The van der Waals surface area contributed by atoms with Gasteiger partial charge >= 0.3 is 11.9 Å². The number of carbonyl (C=O) groups is 2. The first-order chi connectivity index (χ1) is 10.5. The van der Waals surface area contributed by atoms with E-state index in [1.165, 1.54) is 29.0 Å². The van der Waals surface area contributed by atoms with Crippen LogP contribution in [0, 0.1) is 5.82 Å². The van der Waals surface area contributed by atoms with E-state index in [0.717, 1.165) is 6.07 Å². The Hall–Kier alpha value is -3.29. The molecule has 0 spiro atoms. The van der Waals surface area contributed by atoms with Gasteiger partial charge in [-0.05, 0) is 24.3 Å². The second-order valence-corrected chi connectivity index (χ2v) is 4.42. The minimum atomic E-state index is -1.30. The third-order valence-corrected chi connectivity index (χ3v) is 3.08. The molecule has 0 bridgehead atoms. The van der Waals surface area contributed by atoms with E-state index in [4.69, 9.17) is 5.11 Å². The summed E-state index contributed by atoms with van der Waals surface area (Å²) in [5, 5.41) is 22.2. The second-order valence-electron chi connectivity index (χ2n) is 4.42. The minimum absolute atomic E-state index is 0.0757. The normalized spacial score (nSPS) is 10.8. The average Bonchev–Trinajstić information content (AvgIpc) is 2.86. The van der Waals surface area contributed by atoms with Crippen molar-refractivity contribution in [3.05, 3.63) is 53.6 Å². The lowest BCUT2D eigenvalue weighted by Gasteiger charge is -2.02. The van der Waals surface area contributed by atoms with E-state index < -0.39 is 17.8 Å². The molecule has 110 valence electrons. The van der Waals surface area contributed by atoms with Crippen LogP contribution in [0.5, 0.6) is 0 Å². The molecule has 0 aliphatic carbocycles. The van der Waals surface area contributed by atoms with Crippen molar-refractivity contribution in [2.24, 2.45) is 0 Å². The SMILES string of the molecule is O=C(O)c1ccc(-c2nn3cccnc3c2C(=O)O)c(F)c1. The summed E-state index contributed by atoms with van der Waals surface area (Å²) in [4.78, 5) is 26.2. The zero-order chi connectivity index (χ0) is 15.9. The summed E-state index contributed by atoms with van der Waals surface area (Å²) < 4.78 is 15.4. The number of aromatic nitrogens is 3. The van der Waals surface area contributed by atoms with Crippen molar-refractivity contribution in [1.82, 2.24) is 14.6 Å². The van der Waals surface area contributed by atoms with Gasteiger partial charge in [0.1, 0.15) is 17.1 Å². The highest BCUT2D eigenvalue weighted by atomic mass is 19.1. The van der Waals surface area contributed by atoms with Gasteiger partial charge in [0.2, 0.25) is 0 Å². The predicted molar refractivity (Wildman–Crippen MR) is 72.3 cm³/mol. The molecule has 0 aliphatic rings. The quantitative estimate of drug-likeness (QED) is 0.766. The van der Waals surface area contributed by atoms with E-state index in [9.17, 15) is 19.1 Å². The highest BCUT2D eigenvalue weighted by Gasteiger charge is 2.23. The highest BCUT2D eigenvalue weighted by molar-refractivity contribution is 6.01. The topological polar surface area (TPSA) is 105 Å². The van der Waals surface area contributed by atoms with E-state index in [1.54, 1.807) is 6.07 Å². The molecular weight excluding hydrogens is 293 g/mol. The zero-order valence-corrected chi connectivity index (χ0v) is 10.9. The zero-order valence-electron chi connectivity index (χ0n) is 10.9. The van der Waals surface area contributed by atoms with Gasteiger partial charge in [-0.3, -0.25) is 0 Å². The van der Waals surface area contributed by atoms with Crippen LogP contribution >= 0.6 is 0 Å². The number of aromatic carboxylic acids is 2. The van der Waals surface area contributed by atoms with Crippen LogP contribution in [-0.2, 0) is 0 Å². The van der Waals surface area contributed by atoms with E-state index in [0.29, 0.717) is 0 Å². The van der Waals surface area contributed by atoms with Gasteiger partial charge in [0.15, 0.2) is 5.65 Å². The Morgan fingerprint density at radius 3 is 2.59 bits per heavy atom. The molecule has 0 unspecified atom stereocenters. The largest absolute Gasteiger partial charge is 0.478 e. The van der Waals surface area contributed by atoms with Gasteiger partial charge < -0.3 is 10.2 Å². The van der Waals surface area contributed by atoms with Crippen LogP contribution in [0.15, 0.2) is 36.7 Å². The van der Waals surface area contributed by atoms with Crippen LogP contribution in [0.1, 0.15) is 20.7 Å². The van der Waals surface area contributed by atoms with Gasteiger partial charge in [0, 0.05) is 18.0 Å². The lowest BCUT2D eigenvalue weighted by Crippen LogP contribution is -2.01. The smallest absolute Gasteiger partial charge is 0.341 e. The molecule has 0 saturated heterocycles. The molecule has 0 fully saturated rings. The molecule has 2 heterocycles. The molecule has 7 nitrogen and oxygen atoms in total. The number of carboxylic acid groups (broad SMARTS) is 2. The number of benzene rings is 1. The van der Waals surface area contributed by atoms with Crippen LogP contribution in [0.25, 0.3) is 16.9 Å². The standard InChI is InChI=1S/C14H8FN3O4/c15-9-6-7(13(19)20)2-3-8(9)11-10(14(21)22)12-16-4-1-5-18(12)17-11/h1-6H,(H,19,20)(H,21,22). The molecule has 1 aromatic carbocycles. The van der Waals surface area contributed by atoms with Crippen molar-refractivity contribution < 1.29 is 24.2 Å². The predicted octanol–water partition coefficient (Wildman–Crippen LogP) is 1.93. The van der Waals surface area contributed by atoms with Crippen LogP contribution < -0.4 is 0 Å².